The largest absolute Gasteiger partial charge is 0.418 e. The first-order valence-electron chi connectivity index (χ1n) is 11.7. The first-order chi connectivity index (χ1) is 15.4. The number of hydrogen-bond donors (Lipinski definition) is 1. The molecule has 1 saturated heterocycles. The number of anilines is 1. The van der Waals surface area contributed by atoms with Crippen molar-refractivity contribution in [1.29, 1.82) is 0 Å². The number of hydrogen-bond acceptors (Lipinski definition) is 4. The summed E-state index contributed by atoms with van der Waals surface area (Å²) in [6.45, 7) is 1.20. The van der Waals surface area contributed by atoms with Crippen LogP contribution < -0.4 is 10.2 Å². The number of carbonyl (C=O) groups excluding carboxylic acids is 1. The molecular weight excluding hydrogens is 417 g/mol. The predicted octanol–water partition coefficient (Wildman–Crippen LogP) is 4.56. The Balaban J connectivity index is 1.27. The summed E-state index contributed by atoms with van der Waals surface area (Å²) in [6, 6.07) is 2.90. The van der Waals surface area contributed by atoms with Gasteiger partial charge in [-0.15, -0.1) is 0 Å². The Bertz CT molecular complexity index is 1050. The van der Waals surface area contributed by atoms with Crippen molar-refractivity contribution in [2.24, 2.45) is 23.2 Å². The molecule has 4 aliphatic rings. The molecule has 8 heteroatoms. The number of rotatable bonds is 3. The number of nitrogens with zero attached hydrogens (tertiary/aromatic N) is 3. The monoisotopic (exact) mass is 444 g/mol. The third kappa shape index (κ3) is 3.17. The van der Waals surface area contributed by atoms with Crippen LogP contribution in [0.1, 0.15) is 50.5 Å². The van der Waals surface area contributed by atoms with Crippen LogP contribution in [0.5, 0.6) is 0 Å². The second kappa shape index (κ2) is 7.06. The maximum absolute atomic E-state index is 13.5. The van der Waals surface area contributed by atoms with Crippen LogP contribution >= 0.6 is 0 Å². The molecule has 1 aromatic heterocycles. The van der Waals surface area contributed by atoms with Crippen molar-refractivity contribution < 1.29 is 18.0 Å². The van der Waals surface area contributed by atoms with E-state index < -0.39 is 11.7 Å². The molecule has 1 N–H and O–H groups in total. The maximum Gasteiger partial charge on any atom is 0.418 e. The number of alkyl halides is 3. The number of benzene rings is 1. The maximum atomic E-state index is 13.5. The molecule has 1 amide bonds. The minimum absolute atomic E-state index is 0.0605. The van der Waals surface area contributed by atoms with Gasteiger partial charge in [-0.2, -0.15) is 13.2 Å². The Morgan fingerprint density at radius 1 is 1.03 bits per heavy atom. The highest BCUT2D eigenvalue weighted by atomic mass is 19.4. The van der Waals surface area contributed by atoms with Crippen LogP contribution in [0.4, 0.5) is 18.9 Å². The van der Waals surface area contributed by atoms with E-state index in [-0.39, 0.29) is 28.3 Å². The summed E-state index contributed by atoms with van der Waals surface area (Å²) in [5.41, 5.74) is -0.0691. The Labute approximate surface area is 184 Å². The van der Waals surface area contributed by atoms with E-state index in [1.54, 1.807) is 0 Å². The van der Waals surface area contributed by atoms with E-state index in [2.05, 4.69) is 20.2 Å². The van der Waals surface area contributed by atoms with Gasteiger partial charge in [-0.1, -0.05) is 6.42 Å². The second-order valence-corrected chi connectivity index (χ2v) is 10.2. The summed E-state index contributed by atoms with van der Waals surface area (Å²) in [7, 11) is 0. The number of halogens is 3. The average molecular weight is 445 g/mol. The number of nitrogens with one attached hydrogen (secondary N) is 1. The minimum Gasteiger partial charge on any atom is -0.368 e. The molecule has 2 bridgehead atoms. The van der Waals surface area contributed by atoms with Gasteiger partial charge in [0.05, 0.1) is 17.2 Å². The van der Waals surface area contributed by atoms with Crippen molar-refractivity contribution in [3.63, 3.8) is 0 Å². The lowest BCUT2D eigenvalue weighted by Gasteiger charge is -2.32. The molecule has 170 valence electrons. The number of aromatic nitrogens is 2. The highest BCUT2D eigenvalue weighted by molar-refractivity contribution is 5.92. The normalized spacial score (nSPS) is 30.8. The Hall–Kier alpha value is -2.38. The SMILES string of the molecule is O=C(NC1C2CCCC1CC2)C1CN(c2ccc(C(F)(F)F)c3nccnc23)CC12CC2. The van der Waals surface area contributed by atoms with Gasteiger partial charge in [0.15, 0.2) is 0 Å². The first-order valence-corrected chi connectivity index (χ1v) is 11.7. The zero-order valence-electron chi connectivity index (χ0n) is 17.9. The van der Waals surface area contributed by atoms with E-state index >= 15 is 0 Å². The Morgan fingerprint density at radius 3 is 2.38 bits per heavy atom. The van der Waals surface area contributed by atoms with Crippen LogP contribution in [-0.2, 0) is 11.0 Å². The molecule has 1 aromatic carbocycles. The molecule has 4 fully saturated rings. The highest BCUT2D eigenvalue weighted by Crippen LogP contribution is 2.57. The van der Waals surface area contributed by atoms with E-state index in [1.165, 1.54) is 50.6 Å². The average Bonchev–Trinajstić information content (AvgIpc) is 3.39. The summed E-state index contributed by atoms with van der Waals surface area (Å²) >= 11 is 0. The fraction of sp³-hybridized carbons (Fsp3) is 0.625. The van der Waals surface area contributed by atoms with Crippen molar-refractivity contribution in [2.75, 3.05) is 18.0 Å². The molecule has 2 heterocycles. The lowest BCUT2D eigenvalue weighted by Crippen LogP contribution is -2.47. The fourth-order valence-corrected chi connectivity index (χ4v) is 6.67. The summed E-state index contributed by atoms with van der Waals surface area (Å²) in [4.78, 5) is 23.7. The molecule has 1 spiro atoms. The van der Waals surface area contributed by atoms with Crippen LogP contribution in [0.2, 0.25) is 0 Å². The van der Waals surface area contributed by atoms with Crippen molar-refractivity contribution in [3.8, 4) is 0 Å². The van der Waals surface area contributed by atoms with Gasteiger partial charge in [-0.3, -0.25) is 14.8 Å². The smallest absolute Gasteiger partial charge is 0.368 e. The predicted molar refractivity (Wildman–Crippen MR) is 114 cm³/mol. The van der Waals surface area contributed by atoms with Gasteiger partial charge >= 0.3 is 6.18 Å². The fourth-order valence-electron chi connectivity index (χ4n) is 6.67. The minimum atomic E-state index is -4.49. The number of fused-ring (bicyclic) bond motifs is 3. The second-order valence-electron chi connectivity index (χ2n) is 10.2. The molecule has 3 aliphatic carbocycles. The lowest BCUT2D eigenvalue weighted by molar-refractivity contribution is -0.136. The zero-order chi connectivity index (χ0) is 22.1. The first kappa shape index (κ1) is 20.2. The van der Waals surface area contributed by atoms with Gasteiger partial charge in [0.1, 0.15) is 11.0 Å². The summed E-state index contributed by atoms with van der Waals surface area (Å²) < 4.78 is 40.5. The molecule has 0 radical (unpaired) electrons. The van der Waals surface area contributed by atoms with Crippen molar-refractivity contribution in [3.05, 3.63) is 30.1 Å². The van der Waals surface area contributed by atoms with Gasteiger partial charge in [-0.25, -0.2) is 0 Å². The van der Waals surface area contributed by atoms with E-state index in [4.69, 9.17) is 0 Å². The van der Waals surface area contributed by atoms with Crippen LogP contribution in [0.3, 0.4) is 0 Å². The summed E-state index contributed by atoms with van der Waals surface area (Å²) in [5, 5.41) is 3.41. The molecule has 3 atom stereocenters. The van der Waals surface area contributed by atoms with Crippen LogP contribution in [0.15, 0.2) is 24.5 Å². The third-order valence-corrected chi connectivity index (χ3v) is 8.49. The van der Waals surface area contributed by atoms with E-state index in [0.717, 1.165) is 18.9 Å². The number of amides is 1. The summed E-state index contributed by atoms with van der Waals surface area (Å²) in [5.74, 6) is 1.23. The van der Waals surface area contributed by atoms with Gasteiger partial charge in [-0.05, 0) is 62.5 Å². The molecule has 6 rings (SSSR count). The van der Waals surface area contributed by atoms with Gasteiger partial charge < -0.3 is 10.2 Å². The van der Waals surface area contributed by atoms with E-state index in [1.807, 2.05) is 0 Å². The molecule has 3 saturated carbocycles. The quantitative estimate of drug-likeness (QED) is 0.754. The van der Waals surface area contributed by atoms with Crippen molar-refractivity contribution >= 4 is 22.6 Å². The third-order valence-electron chi connectivity index (χ3n) is 8.49. The topological polar surface area (TPSA) is 58.1 Å². The van der Waals surface area contributed by atoms with Crippen molar-refractivity contribution in [2.45, 2.75) is 57.2 Å². The standard InChI is InChI=1S/C24H27F3N4O/c25-24(26,27)16-6-7-18(21-20(16)28-10-11-29-21)31-12-17(23(13-31)8-9-23)22(32)30-19-14-2-1-3-15(19)5-4-14/h6-7,10-11,14-15,17,19H,1-5,8-9,12-13H2,(H,30,32). The van der Waals surface area contributed by atoms with Gasteiger partial charge in [0.25, 0.3) is 0 Å². The highest BCUT2D eigenvalue weighted by Gasteiger charge is 2.58. The molecule has 3 unspecified atom stereocenters. The number of carbonyl (C=O) groups is 1. The molecule has 2 aromatic rings. The molecule has 1 aliphatic heterocycles. The molecule has 32 heavy (non-hydrogen) atoms. The van der Waals surface area contributed by atoms with Gasteiger partial charge in [0.2, 0.25) is 5.91 Å². The zero-order valence-corrected chi connectivity index (χ0v) is 17.9. The lowest BCUT2D eigenvalue weighted by atomic mass is 9.83. The molecule has 5 nitrogen and oxygen atoms in total. The van der Waals surface area contributed by atoms with E-state index in [9.17, 15) is 18.0 Å². The Morgan fingerprint density at radius 2 is 1.72 bits per heavy atom. The van der Waals surface area contributed by atoms with Gasteiger partial charge in [0, 0.05) is 36.9 Å². The van der Waals surface area contributed by atoms with Crippen LogP contribution in [0, 0.1) is 23.2 Å². The molecular formula is C24H27F3N4O. The van der Waals surface area contributed by atoms with Crippen LogP contribution in [-0.4, -0.2) is 35.0 Å². The Kier molecular flexibility index (Phi) is 4.46. The van der Waals surface area contributed by atoms with E-state index in [0.29, 0.717) is 36.7 Å². The summed E-state index contributed by atoms with van der Waals surface area (Å²) in [6.07, 6.45) is 6.33. The van der Waals surface area contributed by atoms with Crippen LogP contribution in [0.25, 0.3) is 11.0 Å². The van der Waals surface area contributed by atoms with Crippen molar-refractivity contribution in [1.82, 2.24) is 15.3 Å².